The topological polar surface area (TPSA) is 49.4 Å². The van der Waals surface area contributed by atoms with Gasteiger partial charge in [0, 0.05) is 31.3 Å². The zero-order valence-corrected chi connectivity index (χ0v) is 13.6. The summed E-state index contributed by atoms with van der Waals surface area (Å²) in [6.45, 7) is 1.77. The van der Waals surface area contributed by atoms with Gasteiger partial charge in [-0.15, -0.1) is 0 Å². The van der Waals surface area contributed by atoms with E-state index in [0.717, 1.165) is 43.6 Å². The molecule has 4 nitrogen and oxygen atoms in total. The summed E-state index contributed by atoms with van der Waals surface area (Å²) >= 11 is 0. The van der Waals surface area contributed by atoms with Gasteiger partial charge in [0.2, 0.25) is 0 Å². The van der Waals surface area contributed by atoms with Crippen LogP contribution in [0, 0.1) is 11.6 Å². The number of carbonyl (C=O) groups excluding carboxylic acids is 2. The van der Waals surface area contributed by atoms with E-state index in [2.05, 4.69) is 5.32 Å². The Balaban J connectivity index is 1.59. The lowest BCUT2D eigenvalue weighted by molar-refractivity contribution is 0.0792. The fourth-order valence-corrected chi connectivity index (χ4v) is 2.82. The third-order valence-electron chi connectivity index (χ3n) is 4.22. The van der Waals surface area contributed by atoms with Gasteiger partial charge in [-0.3, -0.25) is 9.59 Å². The van der Waals surface area contributed by atoms with Crippen LogP contribution in [0.25, 0.3) is 0 Å². The van der Waals surface area contributed by atoms with Gasteiger partial charge >= 0.3 is 0 Å². The molecular formula is C19H18F2N2O2. The molecule has 2 amide bonds. The fraction of sp³-hybridized carbons (Fsp3) is 0.263. The number of hydrogen-bond acceptors (Lipinski definition) is 2. The largest absolute Gasteiger partial charge is 0.348 e. The molecule has 1 saturated heterocycles. The van der Waals surface area contributed by atoms with Gasteiger partial charge in [-0.25, -0.2) is 8.78 Å². The molecule has 0 saturated carbocycles. The van der Waals surface area contributed by atoms with Gasteiger partial charge in [-0.05, 0) is 42.7 Å². The molecule has 0 radical (unpaired) electrons. The molecule has 2 aromatic rings. The third kappa shape index (κ3) is 4.02. The smallest absolute Gasteiger partial charge is 0.254 e. The number of halogens is 2. The lowest BCUT2D eigenvalue weighted by Gasteiger charge is -2.15. The second-order valence-electron chi connectivity index (χ2n) is 6.00. The average molecular weight is 344 g/mol. The SMILES string of the molecule is O=C(NCc1ccc(C(=O)N2CCCC2)cc1)c1ccc(F)cc1F. The predicted molar refractivity (Wildman–Crippen MR) is 89.1 cm³/mol. The van der Waals surface area contributed by atoms with Gasteiger partial charge < -0.3 is 10.2 Å². The summed E-state index contributed by atoms with van der Waals surface area (Å²) in [4.78, 5) is 26.1. The molecule has 1 heterocycles. The van der Waals surface area contributed by atoms with Crippen LogP contribution in [0.15, 0.2) is 42.5 Å². The molecule has 0 atom stereocenters. The molecule has 1 fully saturated rings. The van der Waals surface area contributed by atoms with Crippen LogP contribution < -0.4 is 5.32 Å². The van der Waals surface area contributed by atoms with E-state index in [1.807, 2.05) is 4.90 Å². The van der Waals surface area contributed by atoms with Crippen LogP contribution in [0.1, 0.15) is 39.1 Å². The second-order valence-corrected chi connectivity index (χ2v) is 6.00. The van der Waals surface area contributed by atoms with E-state index in [9.17, 15) is 18.4 Å². The molecule has 0 aliphatic carbocycles. The van der Waals surface area contributed by atoms with Crippen LogP contribution in [0.4, 0.5) is 8.78 Å². The fourth-order valence-electron chi connectivity index (χ4n) is 2.82. The number of hydrogen-bond donors (Lipinski definition) is 1. The Hall–Kier alpha value is -2.76. The van der Waals surface area contributed by atoms with Crippen LogP contribution in [-0.4, -0.2) is 29.8 Å². The highest BCUT2D eigenvalue weighted by Crippen LogP contribution is 2.14. The molecule has 1 N–H and O–H groups in total. The molecule has 0 unspecified atom stereocenters. The van der Waals surface area contributed by atoms with Crippen molar-refractivity contribution in [3.63, 3.8) is 0 Å². The number of likely N-dealkylation sites (tertiary alicyclic amines) is 1. The highest BCUT2D eigenvalue weighted by atomic mass is 19.1. The van der Waals surface area contributed by atoms with E-state index in [0.29, 0.717) is 11.6 Å². The first-order valence-corrected chi connectivity index (χ1v) is 8.16. The summed E-state index contributed by atoms with van der Waals surface area (Å²) in [6.07, 6.45) is 2.08. The maximum Gasteiger partial charge on any atom is 0.254 e. The van der Waals surface area contributed by atoms with Crippen molar-refractivity contribution in [3.8, 4) is 0 Å². The molecule has 25 heavy (non-hydrogen) atoms. The van der Waals surface area contributed by atoms with E-state index in [1.54, 1.807) is 24.3 Å². The summed E-state index contributed by atoms with van der Waals surface area (Å²) in [5.74, 6) is -2.23. The van der Waals surface area contributed by atoms with Crippen LogP contribution in [0.3, 0.4) is 0 Å². The minimum atomic E-state index is -0.899. The molecule has 1 aliphatic rings. The van der Waals surface area contributed by atoms with E-state index in [-0.39, 0.29) is 18.0 Å². The van der Waals surface area contributed by atoms with E-state index >= 15 is 0 Å². The molecule has 3 rings (SSSR count). The van der Waals surface area contributed by atoms with E-state index in [1.165, 1.54) is 0 Å². The number of amides is 2. The first kappa shape index (κ1) is 17.1. The lowest BCUT2D eigenvalue weighted by atomic mass is 10.1. The van der Waals surface area contributed by atoms with Gasteiger partial charge in [-0.1, -0.05) is 12.1 Å². The van der Waals surface area contributed by atoms with Crippen molar-refractivity contribution in [1.82, 2.24) is 10.2 Å². The van der Waals surface area contributed by atoms with Crippen molar-refractivity contribution in [2.24, 2.45) is 0 Å². The van der Waals surface area contributed by atoms with Gasteiger partial charge in [0.1, 0.15) is 11.6 Å². The van der Waals surface area contributed by atoms with E-state index in [4.69, 9.17) is 0 Å². The standard InChI is InChI=1S/C19H18F2N2O2/c20-15-7-8-16(17(21)11-15)18(24)22-12-13-3-5-14(6-4-13)19(25)23-9-1-2-10-23/h3-8,11H,1-2,9-10,12H2,(H,22,24). The van der Waals surface area contributed by atoms with Gasteiger partial charge in [-0.2, -0.15) is 0 Å². The third-order valence-corrected chi connectivity index (χ3v) is 4.22. The number of carbonyl (C=O) groups is 2. The van der Waals surface area contributed by atoms with Gasteiger partial charge in [0.25, 0.3) is 11.8 Å². The highest BCUT2D eigenvalue weighted by Gasteiger charge is 2.19. The molecule has 2 aromatic carbocycles. The van der Waals surface area contributed by atoms with E-state index < -0.39 is 17.5 Å². The first-order chi connectivity index (χ1) is 12.0. The first-order valence-electron chi connectivity index (χ1n) is 8.16. The number of rotatable bonds is 4. The van der Waals surface area contributed by atoms with Crippen LogP contribution in [-0.2, 0) is 6.54 Å². The normalized spacial score (nSPS) is 13.8. The zero-order chi connectivity index (χ0) is 17.8. The number of benzene rings is 2. The predicted octanol–water partition coefficient (Wildman–Crippen LogP) is 3.13. The summed E-state index contributed by atoms with van der Waals surface area (Å²) in [6, 6.07) is 9.78. The number of nitrogens with zero attached hydrogens (tertiary/aromatic N) is 1. The minimum Gasteiger partial charge on any atom is -0.348 e. The maximum atomic E-state index is 13.6. The molecule has 1 aliphatic heterocycles. The Morgan fingerprint density at radius 1 is 1.00 bits per heavy atom. The quantitative estimate of drug-likeness (QED) is 0.926. The Morgan fingerprint density at radius 2 is 1.68 bits per heavy atom. The van der Waals surface area contributed by atoms with Crippen molar-refractivity contribution in [2.75, 3.05) is 13.1 Å². The summed E-state index contributed by atoms with van der Waals surface area (Å²) in [5.41, 5.74) is 1.19. The molecular weight excluding hydrogens is 326 g/mol. The summed E-state index contributed by atoms with van der Waals surface area (Å²) < 4.78 is 26.4. The highest BCUT2D eigenvalue weighted by molar-refractivity contribution is 5.95. The summed E-state index contributed by atoms with van der Waals surface area (Å²) in [5, 5.41) is 2.58. The second kappa shape index (κ2) is 7.42. The van der Waals surface area contributed by atoms with Crippen LogP contribution >= 0.6 is 0 Å². The van der Waals surface area contributed by atoms with Crippen LogP contribution in [0.2, 0.25) is 0 Å². The zero-order valence-electron chi connectivity index (χ0n) is 13.6. The van der Waals surface area contributed by atoms with Crippen molar-refractivity contribution in [3.05, 3.63) is 70.8 Å². The van der Waals surface area contributed by atoms with Crippen molar-refractivity contribution >= 4 is 11.8 Å². The van der Waals surface area contributed by atoms with Crippen LogP contribution in [0.5, 0.6) is 0 Å². The van der Waals surface area contributed by atoms with Gasteiger partial charge in [0.15, 0.2) is 0 Å². The molecule has 130 valence electrons. The van der Waals surface area contributed by atoms with Crippen molar-refractivity contribution in [1.29, 1.82) is 0 Å². The maximum absolute atomic E-state index is 13.6. The molecule has 0 spiro atoms. The Labute approximate surface area is 144 Å². The summed E-state index contributed by atoms with van der Waals surface area (Å²) in [7, 11) is 0. The monoisotopic (exact) mass is 344 g/mol. The molecule has 6 heteroatoms. The molecule has 0 bridgehead atoms. The number of nitrogens with one attached hydrogen (secondary N) is 1. The van der Waals surface area contributed by atoms with Crippen molar-refractivity contribution in [2.45, 2.75) is 19.4 Å². The Bertz CT molecular complexity index is 785. The lowest BCUT2D eigenvalue weighted by Crippen LogP contribution is -2.27. The Kier molecular flexibility index (Phi) is 5.07. The minimum absolute atomic E-state index is 0.0152. The molecule has 0 aromatic heterocycles. The average Bonchev–Trinajstić information content (AvgIpc) is 3.14. The van der Waals surface area contributed by atoms with Gasteiger partial charge in [0.05, 0.1) is 5.56 Å². The Morgan fingerprint density at radius 3 is 2.32 bits per heavy atom. The van der Waals surface area contributed by atoms with Crippen molar-refractivity contribution < 1.29 is 18.4 Å².